The third kappa shape index (κ3) is 3.68. The molecule has 3 heteroatoms. The Bertz CT molecular complexity index is 616. The molecule has 0 aliphatic rings. The van der Waals surface area contributed by atoms with Gasteiger partial charge < -0.3 is 9.84 Å². The first-order valence-electron chi connectivity index (χ1n) is 6.70. The number of aliphatic hydroxyl groups excluding tert-OH is 1. The zero-order valence-corrected chi connectivity index (χ0v) is 11.5. The summed E-state index contributed by atoms with van der Waals surface area (Å²) in [4.78, 5) is 11.1. The van der Waals surface area contributed by atoms with E-state index in [0.717, 1.165) is 16.3 Å². The van der Waals surface area contributed by atoms with Gasteiger partial charge in [-0.1, -0.05) is 42.5 Å². The maximum Gasteiger partial charge on any atom is 0.330 e. The number of fused-ring (bicyclic) bond motifs is 1. The zero-order chi connectivity index (χ0) is 14.4. The number of ether oxygens (including phenoxy) is 1. The van der Waals surface area contributed by atoms with Crippen molar-refractivity contribution in [3.63, 3.8) is 0 Å². The molecule has 1 atom stereocenters. The summed E-state index contributed by atoms with van der Waals surface area (Å²) in [5.41, 5.74) is 0.845. The molecule has 0 amide bonds. The van der Waals surface area contributed by atoms with Gasteiger partial charge in [0.15, 0.2) is 0 Å². The van der Waals surface area contributed by atoms with Crippen molar-refractivity contribution in [2.45, 2.75) is 19.4 Å². The summed E-state index contributed by atoms with van der Waals surface area (Å²) in [6.07, 6.45) is 2.76. The first kappa shape index (κ1) is 14.3. The second kappa shape index (κ2) is 6.87. The van der Waals surface area contributed by atoms with Crippen LogP contribution in [0.25, 0.3) is 10.8 Å². The van der Waals surface area contributed by atoms with Crippen LogP contribution in [0.4, 0.5) is 0 Å². The lowest BCUT2D eigenvalue weighted by atomic mass is 10.0. The molecule has 104 valence electrons. The van der Waals surface area contributed by atoms with E-state index in [-0.39, 0.29) is 5.97 Å². The molecule has 0 unspecified atom stereocenters. The van der Waals surface area contributed by atoms with E-state index < -0.39 is 6.10 Å². The Kier molecular flexibility index (Phi) is 4.91. The number of carbonyl (C=O) groups is 1. The van der Waals surface area contributed by atoms with Gasteiger partial charge in [-0.2, -0.15) is 0 Å². The van der Waals surface area contributed by atoms with Crippen LogP contribution < -0.4 is 0 Å². The molecule has 20 heavy (non-hydrogen) atoms. The molecule has 3 nitrogen and oxygen atoms in total. The monoisotopic (exact) mass is 270 g/mol. The normalized spacial score (nSPS) is 12.7. The second-order valence-electron chi connectivity index (χ2n) is 4.51. The molecule has 0 saturated heterocycles. The molecule has 2 rings (SSSR count). The fourth-order valence-corrected chi connectivity index (χ4v) is 2.03. The quantitative estimate of drug-likeness (QED) is 0.669. The molecular weight excluding hydrogens is 252 g/mol. The average Bonchev–Trinajstić information content (AvgIpc) is 2.47. The van der Waals surface area contributed by atoms with E-state index in [1.807, 2.05) is 42.5 Å². The fourth-order valence-electron chi connectivity index (χ4n) is 2.03. The summed E-state index contributed by atoms with van der Waals surface area (Å²) in [6.45, 7) is 2.12. The van der Waals surface area contributed by atoms with Crippen molar-refractivity contribution in [2.75, 3.05) is 6.61 Å². The van der Waals surface area contributed by atoms with Gasteiger partial charge in [-0.05, 0) is 35.7 Å². The molecule has 0 heterocycles. The average molecular weight is 270 g/mol. The second-order valence-corrected chi connectivity index (χ2v) is 4.51. The fraction of sp³-hybridized carbons (Fsp3) is 0.235. The highest BCUT2D eigenvalue weighted by Crippen LogP contribution is 2.22. The van der Waals surface area contributed by atoms with Crippen molar-refractivity contribution in [3.8, 4) is 0 Å². The summed E-state index contributed by atoms with van der Waals surface area (Å²) in [7, 11) is 0. The smallest absolute Gasteiger partial charge is 0.330 e. The minimum atomic E-state index is -0.620. The molecule has 0 spiro atoms. The van der Waals surface area contributed by atoms with Crippen LogP contribution in [0.2, 0.25) is 0 Å². The van der Waals surface area contributed by atoms with Gasteiger partial charge in [0.1, 0.15) is 0 Å². The third-order valence-corrected chi connectivity index (χ3v) is 3.06. The maximum absolute atomic E-state index is 11.1. The van der Waals surface area contributed by atoms with Crippen LogP contribution in [-0.4, -0.2) is 17.7 Å². The predicted molar refractivity (Wildman–Crippen MR) is 79.3 cm³/mol. The van der Waals surface area contributed by atoms with Crippen molar-refractivity contribution in [2.24, 2.45) is 0 Å². The standard InChI is InChI=1S/C17H18O3/c1-2-20-17(19)9-5-8-16(18)15-11-10-13-6-3-4-7-14(13)12-15/h3-7,9-12,16,18H,2,8H2,1H3/b9-5+/t16-/m0/s1. The number of carbonyl (C=O) groups excluding carboxylic acids is 1. The van der Waals surface area contributed by atoms with Crippen molar-refractivity contribution < 1.29 is 14.6 Å². The topological polar surface area (TPSA) is 46.5 Å². The van der Waals surface area contributed by atoms with E-state index in [1.54, 1.807) is 13.0 Å². The van der Waals surface area contributed by atoms with Gasteiger partial charge in [0.2, 0.25) is 0 Å². The van der Waals surface area contributed by atoms with E-state index in [0.29, 0.717) is 13.0 Å². The van der Waals surface area contributed by atoms with Crippen LogP contribution in [0.1, 0.15) is 25.0 Å². The predicted octanol–water partition coefficient (Wildman–Crippen LogP) is 3.38. The van der Waals surface area contributed by atoms with E-state index in [1.165, 1.54) is 6.08 Å². The molecule has 0 aromatic heterocycles. The Balaban J connectivity index is 2.03. The van der Waals surface area contributed by atoms with E-state index in [2.05, 4.69) is 0 Å². The molecule has 0 aliphatic heterocycles. The number of benzene rings is 2. The Morgan fingerprint density at radius 3 is 2.75 bits per heavy atom. The summed E-state index contributed by atoms with van der Waals surface area (Å²) in [6, 6.07) is 13.9. The Morgan fingerprint density at radius 1 is 1.25 bits per heavy atom. The van der Waals surface area contributed by atoms with E-state index >= 15 is 0 Å². The van der Waals surface area contributed by atoms with Crippen LogP contribution in [0, 0.1) is 0 Å². The molecule has 0 saturated carbocycles. The highest BCUT2D eigenvalue weighted by Gasteiger charge is 2.06. The number of hydrogen-bond acceptors (Lipinski definition) is 3. The molecule has 0 aliphatic carbocycles. The molecule has 2 aromatic rings. The van der Waals surface area contributed by atoms with Crippen LogP contribution in [0.5, 0.6) is 0 Å². The van der Waals surface area contributed by atoms with Crippen molar-refractivity contribution in [1.29, 1.82) is 0 Å². The lowest BCUT2D eigenvalue weighted by Crippen LogP contribution is -2.00. The lowest BCUT2D eigenvalue weighted by Gasteiger charge is -2.09. The largest absolute Gasteiger partial charge is 0.463 e. The third-order valence-electron chi connectivity index (χ3n) is 3.06. The SMILES string of the molecule is CCOC(=O)/C=C/C[C@H](O)c1ccc2ccccc2c1. The van der Waals surface area contributed by atoms with Crippen LogP contribution in [-0.2, 0) is 9.53 Å². The number of rotatable bonds is 5. The summed E-state index contributed by atoms with van der Waals surface area (Å²) < 4.78 is 4.78. The Hall–Kier alpha value is -2.13. The molecule has 0 fully saturated rings. The summed E-state index contributed by atoms with van der Waals surface area (Å²) in [5.74, 6) is -0.377. The van der Waals surface area contributed by atoms with Crippen LogP contribution in [0.15, 0.2) is 54.6 Å². The van der Waals surface area contributed by atoms with Crippen molar-refractivity contribution >= 4 is 16.7 Å². The summed E-state index contributed by atoms with van der Waals surface area (Å²) >= 11 is 0. The van der Waals surface area contributed by atoms with Gasteiger partial charge in [-0.3, -0.25) is 0 Å². The highest BCUT2D eigenvalue weighted by molar-refractivity contribution is 5.83. The van der Waals surface area contributed by atoms with E-state index in [9.17, 15) is 9.90 Å². The highest BCUT2D eigenvalue weighted by atomic mass is 16.5. The molecule has 0 bridgehead atoms. The van der Waals surface area contributed by atoms with Crippen LogP contribution >= 0.6 is 0 Å². The lowest BCUT2D eigenvalue weighted by molar-refractivity contribution is -0.137. The van der Waals surface area contributed by atoms with Gasteiger partial charge in [0.25, 0.3) is 0 Å². The molecule has 1 N–H and O–H groups in total. The van der Waals surface area contributed by atoms with Crippen LogP contribution in [0.3, 0.4) is 0 Å². The minimum Gasteiger partial charge on any atom is -0.463 e. The van der Waals surface area contributed by atoms with E-state index in [4.69, 9.17) is 4.74 Å². The zero-order valence-electron chi connectivity index (χ0n) is 11.5. The first-order valence-corrected chi connectivity index (χ1v) is 6.70. The Morgan fingerprint density at radius 2 is 2.00 bits per heavy atom. The number of hydrogen-bond donors (Lipinski definition) is 1. The summed E-state index contributed by atoms with van der Waals surface area (Å²) in [5, 5.41) is 12.4. The molecule has 2 aromatic carbocycles. The van der Waals surface area contributed by atoms with Gasteiger partial charge in [0.05, 0.1) is 12.7 Å². The first-order chi connectivity index (χ1) is 9.70. The minimum absolute atomic E-state index is 0.358. The van der Waals surface area contributed by atoms with Crippen molar-refractivity contribution in [1.82, 2.24) is 0 Å². The van der Waals surface area contributed by atoms with Gasteiger partial charge in [-0.25, -0.2) is 4.79 Å². The van der Waals surface area contributed by atoms with Gasteiger partial charge >= 0.3 is 5.97 Å². The molecule has 0 radical (unpaired) electrons. The van der Waals surface area contributed by atoms with Gasteiger partial charge in [-0.15, -0.1) is 0 Å². The maximum atomic E-state index is 11.1. The Labute approximate surface area is 118 Å². The number of aliphatic hydroxyl groups is 1. The van der Waals surface area contributed by atoms with Crippen molar-refractivity contribution in [3.05, 3.63) is 60.2 Å². The number of esters is 1. The van der Waals surface area contributed by atoms with Gasteiger partial charge in [0, 0.05) is 6.08 Å². The molecular formula is C17H18O3.